The van der Waals surface area contributed by atoms with Crippen molar-refractivity contribution in [2.75, 3.05) is 38.7 Å². The number of carbonyl (C=O) groups excluding carboxylic acids is 1. The van der Waals surface area contributed by atoms with Crippen molar-refractivity contribution in [3.63, 3.8) is 0 Å². The van der Waals surface area contributed by atoms with Crippen LogP contribution in [0.4, 0.5) is 0 Å². The maximum atomic E-state index is 12.5. The number of halogens is 1. The molecule has 0 aliphatic carbocycles. The third-order valence-electron chi connectivity index (χ3n) is 4.89. The molecule has 0 bridgehead atoms. The summed E-state index contributed by atoms with van der Waals surface area (Å²) in [5, 5.41) is 0.715. The van der Waals surface area contributed by atoms with Crippen LogP contribution < -0.4 is 14.4 Å². The Labute approximate surface area is 168 Å². The summed E-state index contributed by atoms with van der Waals surface area (Å²) in [6, 6.07) is 13.8. The summed E-state index contributed by atoms with van der Waals surface area (Å²) >= 11 is 7.46. The number of thioether (sulfide) groups is 1. The maximum absolute atomic E-state index is 12.5. The third-order valence-corrected chi connectivity index (χ3v) is 6.14. The summed E-state index contributed by atoms with van der Waals surface area (Å²) in [7, 11) is 0. The van der Waals surface area contributed by atoms with Crippen LogP contribution >= 0.6 is 23.4 Å². The minimum atomic E-state index is 0.206. The quantitative estimate of drug-likeness (QED) is 0.773. The van der Waals surface area contributed by atoms with Gasteiger partial charge in [-0.15, -0.1) is 11.8 Å². The van der Waals surface area contributed by atoms with Crippen molar-refractivity contribution >= 4 is 29.3 Å². The molecule has 0 atom stereocenters. The second-order valence-electron chi connectivity index (χ2n) is 6.74. The molecular weight excluding hydrogens is 384 g/mol. The monoisotopic (exact) mass is 405 g/mol. The highest BCUT2D eigenvalue weighted by molar-refractivity contribution is 8.00. The molecule has 0 radical (unpaired) electrons. The fourth-order valence-corrected chi connectivity index (χ4v) is 4.28. The predicted octanol–water partition coefficient (Wildman–Crippen LogP) is 2.09. The molecule has 1 saturated heterocycles. The summed E-state index contributed by atoms with van der Waals surface area (Å²) in [4.78, 5) is 17.0. The van der Waals surface area contributed by atoms with Gasteiger partial charge in [0, 0.05) is 15.5 Å². The van der Waals surface area contributed by atoms with Crippen molar-refractivity contribution in [2.24, 2.45) is 0 Å². The van der Waals surface area contributed by atoms with Gasteiger partial charge >= 0.3 is 0 Å². The van der Waals surface area contributed by atoms with Gasteiger partial charge in [-0.3, -0.25) is 4.79 Å². The predicted molar refractivity (Wildman–Crippen MR) is 106 cm³/mol. The molecule has 2 aliphatic rings. The summed E-state index contributed by atoms with van der Waals surface area (Å²) in [6.45, 7) is 4.79. The lowest BCUT2D eigenvalue weighted by atomic mass is 10.1. The molecule has 27 heavy (non-hydrogen) atoms. The van der Waals surface area contributed by atoms with Crippen molar-refractivity contribution in [3.05, 3.63) is 53.1 Å². The normalized spacial score (nSPS) is 16.6. The number of nitrogens with one attached hydrogen (secondary N) is 1. The number of rotatable bonds is 5. The van der Waals surface area contributed by atoms with E-state index in [1.54, 1.807) is 11.8 Å². The Bertz CT molecular complexity index is 807. The van der Waals surface area contributed by atoms with E-state index >= 15 is 0 Å². The average Bonchev–Trinajstić information content (AvgIpc) is 3.16. The van der Waals surface area contributed by atoms with Crippen molar-refractivity contribution in [2.45, 2.75) is 11.4 Å². The number of ether oxygens (including phenoxy) is 2. The van der Waals surface area contributed by atoms with Gasteiger partial charge in [0.05, 0.1) is 31.9 Å². The van der Waals surface area contributed by atoms with Crippen LogP contribution in [0.15, 0.2) is 47.4 Å². The van der Waals surface area contributed by atoms with E-state index in [4.69, 9.17) is 21.1 Å². The Balaban J connectivity index is 1.23. The molecule has 1 amide bonds. The molecule has 0 unspecified atom stereocenters. The lowest BCUT2D eigenvalue weighted by Crippen LogP contribution is -3.13. The zero-order valence-corrected chi connectivity index (χ0v) is 16.5. The third kappa shape index (κ3) is 4.69. The minimum absolute atomic E-state index is 0.206. The number of carbonyl (C=O) groups is 1. The van der Waals surface area contributed by atoms with Crippen LogP contribution in [-0.2, 0) is 11.3 Å². The second-order valence-corrected chi connectivity index (χ2v) is 8.22. The fraction of sp³-hybridized carbons (Fsp3) is 0.350. The summed E-state index contributed by atoms with van der Waals surface area (Å²) in [5.41, 5.74) is 1.24. The number of amides is 1. The molecule has 1 N–H and O–H groups in total. The molecule has 2 heterocycles. The first-order valence-electron chi connectivity index (χ1n) is 9.05. The lowest BCUT2D eigenvalue weighted by Gasteiger charge is -2.32. The van der Waals surface area contributed by atoms with E-state index in [1.807, 2.05) is 35.2 Å². The molecule has 0 saturated carbocycles. The zero-order valence-electron chi connectivity index (χ0n) is 14.9. The van der Waals surface area contributed by atoms with Crippen LogP contribution in [0.25, 0.3) is 0 Å². The summed E-state index contributed by atoms with van der Waals surface area (Å²) in [5.74, 6) is 2.33. The Hall–Kier alpha value is -1.89. The molecule has 4 rings (SSSR count). The van der Waals surface area contributed by atoms with Gasteiger partial charge in [0.15, 0.2) is 11.5 Å². The Kier molecular flexibility index (Phi) is 5.76. The lowest BCUT2D eigenvalue weighted by molar-refractivity contribution is -0.917. The van der Waals surface area contributed by atoms with Gasteiger partial charge in [-0.1, -0.05) is 11.6 Å². The first-order valence-corrected chi connectivity index (χ1v) is 10.4. The number of fused-ring (bicyclic) bond motifs is 1. The highest BCUT2D eigenvalue weighted by atomic mass is 35.5. The molecule has 2 aliphatic heterocycles. The number of nitrogens with zero attached hydrogens (tertiary/aromatic N) is 1. The Morgan fingerprint density at radius 2 is 1.81 bits per heavy atom. The summed E-state index contributed by atoms with van der Waals surface area (Å²) < 4.78 is 10.8. The largest absolute Gasteiger partial charge is 0.454 e. The molecule has 7 heteroatoms. The molecule has 2 aromatic rings. The van der Waals surface area contributed by atoms with Crippen molar-refractivity contribution < 1.29 is 19.2 Å². The highest BCUT2D eigenvalue weighted by Gasteiger charge is 2.24. The first kappa shape index (κ1) is 18.5. The average molecular weight is 406 g/mol. The van der Waals surface area contributed by atoms with E-state index in [1.165, 1.54) is 10.5 Å². The molecule has 0 aromatic heterocycles. The zero-order chi connectivity index (χ0) is 18.6. The van der Waals surface area contributed by atoms with E-state index in [-0.39, 0.29) is 5.91 Å². The summed E-state index contributed by atoms with van der Waals surface area (Å²) in [6.07, 6.45) is 0. The molecule has 2 aromatic carbocycles. The van der Waals surface area contributed by atoms with Crippen LogP contribution in [-0.4, -0.2) is 49.5 Å². The van der Waals surface area contributed by atoms with Crippen LogP contribution in [0.5, 0.6) is 11.5 Å². The van der Waals surface area contributed by atoms with Gasteiger partial charge in [-0.05, 0) is 42.5 Å². The van der Waals surface area contributed by atoms with Crippen LogP contribution in [0.1, 0.15) is 5.56 Å². The number of quaternary nitrogens is 1. The number of piperazine rings is 1. The molecular formula is C20H22ClN2O3S+. The fourth-order valence-electron chi connectivity index (χ4n) is 3.36. The van der Waals surface area contributed by atoms with E-state index in [0.29, 0.717) is 17.6 Å². The van der Waals surface area contributed by atoms with Gasteiger partial charge in [0.25, 0.3) is 0 Å². The topological polar surface area (TPSA) is 43.2 Å². The van der Waals surface area contributed by atoms with E-state index in [2.05, 4.69) is 12.1 Å². The maximum Gasteiger partial charge on any atom is 0.233 e. The van der Waals surface area contributed by atoms with Gasteiger partial charge in [0.1, 0.15) is 6.54 Å². The van der Waals surface area contributed by atoms with Gasteiger partial charge < -0.3 is 19.3 Å². The highest BCUT2D eigenvalue weighted by Crippen LogP contribution is 2.32. The van der Waals surface area contributed by atoms with Crippen molar-refractivity contribution in [3.8, 4) is 11.5 Å². The second kappa shape index (κ2) is 8.42. The number of benzene rings is 2. The van der Waals surface area contributed by atoms with Gasteiger partial charge in [-0.2, -0.15) is 0 Å². The number of hydrogen-bond acceptors (Lipinski definition) is 4. The molecule has 0 spiro atoms. The standard InChI is InChI=1S/C20H21ClN2O3S/c21-16-2-4-17(5-3-16)27-13-20(24)23-9-7-22(8-10-23)12-15-1-6-18-19(11-15)26-14-25-18/h1-6,11H,7-10,12-14H2/p+1. The van der Waals surface area contributed by atoms with E-state index < -0.39 is 0 Å². The smallest absolute Gasteiger partial charge is 0.233 e. The van der Waals surface area contributed by atoms with Crippen molar-refractivity contribution in [1.29, 1.82) is 0 Å². The van der Waals surface area contributed by atoms with Crippen molar-refractivity contribution in [1.82, 2.24) is 4.90 Å². The van der Waals surface area contributed by atoms with Crippen LogP contribution in [0, 0.1) is 0 Å². The minimum Gasteiger partial charge on any atom is -0.454 e. The van der Waals surface area contributed by atoms with Gasteiger partial charge in [0.2, 0.25) is 12.7 Å². The van der Waals surface area contributed by atoms with E-state index in [9.17, 15) is 4.79 Å². The van der Waals surface area contributed by atoms with Gasteiger partial charge in [-0.25, -0.2) is 0 Å². The molecule has 1 fully saturated rings. The van der Waals surface area contributed by atoms with Crippen LogP contribution in [0.2, 0.25) is 5.02 Å². The SMILES string of the molecule is O=C(CSc1ccc(Cl)cc1)N1CC[NH+](Cc2ccc3c(c2)OCO3)CC1. The Morgan fingerprint density at radius 3 is 2.59 bits per heavy atom. The molecule has 142 valence electrons. The van der Waals surface area contributed by atoms with Crippen LogP contribution in [0.3, 0.4) is 0 Å². The Morgan fingerprint density at radius 1 is 1.07 bits per heavy atom. The van der Waals surface area contributed by atoms with E-state index in [0.717, 1.165) is 49.1 Å². The number of hydrogen-bond donors (Lipinski definition) is 1. The first-order chi connectivity index (χ1) is 13.2. The molecule has 5 nitrogen and oxygen atoms in total.